The molecule has 0 aromatic carbocycles. The molecule has 2 N–H and O–H groups in total. The Hall–Kier alpha value is -1.12. The first kappa shape index (κ1) is 16.3. The summed E-state index contributed by atoms with van der Waals surface area (Å²) in [6.07, 6.45) is 0.107. The average molecular weight is 313 g/mol. The van der Waals surface area contributed by atoms with Crippen molar-refractivity contribution in [3.8, 4) is 0 Å². The zero-order valence-corrected chi connectivity index (χ0v) is 13.6. The second kappa shape index (κ2) is 7.24. The molecule has 7 nitrogen and oxygen atoms in total. The van der Waals surface area contributed by atoms with Crippen LogP contribution in [0.5, 0.6) is 0 Å². The number of aromatic nitrogens is 3. The van der Waals surface area contributed by atoms with Gasteiger partial charge in [0.2, 0.25) is 5.91 Å². The number of thioether (sulfide) groups is 1. The van der Waals surface area contributed by atoms with Gasteiger partial charge in [-0.15, -0.1) is 10.2 Å². The summed E-state index contributed by atoms with van der Waals surface area (Å²) in [4.78, 5) is 14.1. The van der Waals surface area contributed by atoms with Crippen molar-refractivity contribution in [2.45, 2.75) is 44.6 Å². The van der Waals surface area contributed by atoms with Crippen LogP contribution in [-0.2, 0) is 16.1 Å². The summed E-state index contributed by atoms with van der Waals surface area (Å²) in [5.74, 6) is 1.23. The van der Waals surface area contributed by atoms with E-state index >= 15 is 0 Å². The number of nitrogens with zero attached hydrogens (tertiary/aromatic N) is 4. The second-order valence-electron chi connectivity index (χ2n) is 5.38. The Morgan fingerprint density at radius 3 is 2.90 bits per heavy atom. The maximum absolute atomic E-state index is 12.2. The van der Waals surface area contributed by atoms with E-state index in [1.54, 1.807) is 0 Å². The van der Waals surface area contributed by atoms with Crippen molar-refractivity contribution in [2.75, 3.05) is 25.4 Å². The summed E-state index contributed by atoms with van der Waals surface area (Å²) >= 11 is 1.42. The molecule has 1 unspecified atom stereocenters. The van der Waals surface area contributed by atoms with Crippen LogP contribution in [0.1, 0.15) is 32.6 Å². The van der Waals surface area contributed by atoms with E-state index in [-0.39, 0.29) is 18.1 Å². The van der Waals surface area contributed by atoms with Crippen LogP contribution in [-0.4, -0.2) is 57.1 Å². The molecule has 2 rings (SSSR count). The third-order valence-corrected chi connectivity index (χ3v) is 4.28. The monoisotopic (exact) mass is 313 g/mol. The zero-order chi connectivity index (χ0) is 15.4. The second-order valence-corrected chi connectivity index (χ2v) is 6.32. The van der Waals surface area contributed by atoms with Gasteiger partial charge in [0.15, 0.2) is 5.16 Å². The quantitative estimate of drug-likeness (QED) is 0.804. The van der Waals surface area contributed by atoms with Gasteiger partial charge in [-0.05, 0) is 20.8 Å². The molecule has 0 bridgehead atoms. The lowest BCUT2D eigenvalue weighted by atomic mass is 10.3. The van der Waals surface area contributed by atoms with Crippen molar-refractivity contribution in [1.82, 2.24) is 19.7 Å². The standard InChI is InChI=1S/C13H23N5O2S/c1-9(2)18-11(6-14)15-16-13(18)21-8-12(19)17-4-5-20-10(3)7-17/h9-10H,4-8,14H2,1-3H3. The van der Waals surface area contributed by atoms with E-state index in [9.17, 15) is 4.79 Å². The smallest absolute Gasteiger partial charge is 0.233 e. The topological polar surface area (TPSA) is 86.3 Å². The summed E-state index contributed by atoms with van der Waals surface area (Å²) in [5.41, 5.74) is 5.67. The number of nitrogens with two attached hydrogens (primary N) is 1. The molecule has 1 aromatic rings. The summed E-state index contributed by atoms with van der Waals surface area (Å²) in [6.45, 7) is 8.36. The Balaban J connectivity index is 1.96. The number of morpholine rings is 1. The van der Waals surface area contributed by atoms with Gasteiger partial charge in [-0.1, -0.05) is 11.8 Å². The number of rotatable bonds is 5. The molecule has 0 spiro atoms. The highest BCUT2D eigenvalue weighted by atomic mass is 32.2. The summed E-state index contributed by atoms with van der Waals surface area (Å²) in [5, 5.41) is 8.97. The predicted octanol–water partition coefficient (Wildman–Crippen LogP) is 0.657. The molecule has 8 heteroatoms. The van der Waals surface area contributed by atoms with Gasteiger partial charge in [0.05, 0.1) is 25.0 Å². The highest BCUT2D eigenvalue weighted by molar-refractivity contribution is 7.99. The van der Waals surface area contributed by atoms with Crippen LogP contribution >= 0.6 is 11.8 Å². The third-order valence-electron chi connectivity index (χ3n) is 3.35. The molecule has 1 amide bonds. The van der Waals surface area contributed by atoms with Crippen molar-refractivity contribution >= 4 is 17.7 Å². The zero-order valence-electron chi connectivity index (χ0n) is 12.8. The molecule has 118 valence electrons. The first-order valence-electron chi connectivity index (χ1n) is 7.19. The SMILES string of the molecule is CC1CN(C(=O)CSc2nnc(CN)n2C(C)C)CCO1. The maximum Gasteiger partial charge on any atom is 0.233 e. The lowest BCUT2D eigenvalue weighted by Gasteiger charge is -2.31. The van der Waals surface area contributed by atoms with E-state index in [0.717, 1.165) is 11.0 Å². The Labute approximate surface area is 129 Å². The molecular weight excluding hydrogens is 290 g/mol. The average Bonchev–Trinajstić information content (AvgIpc) is 2.87. The van der Waals surface area contributed by atoms with Gasteiger partial charge in [0.25, 0.3) is 0 Å². The van der Waals surface area contributed by atoms with Crippen molar-refractivity contribution in [1.29, 1.82) is 0 Å². The number of carbonyl (C=O) groups excluding carboxylic acids is 1. The van der Waals surface area contributed by atoms with Crippen LogP contribution in [0.4, 0.5) is 0 Å². The molecule has 1 atom stereocenters. The molecule has 1 saturated heterocycles. The fraction of sp³-hybridized carbons (Fsp3) is 0.769. The lowest BCUT2D eigenvalue weighted by molar-refractivity contribution is -0.135. The summed E-state index contributed by atoms with van der Waals surface area (Å²) < 4.78 is 7.43. The van der Waals surface area contributed by atoms with Crippen LogP contribution in [0.25, 0.3) is 0 Å². The van der Waals surface area contributed by atoms with Gasteiger partial charge in [-0.3, -0.25) is 4.79 Å². The normalized spacial score (nSPS) is 19.3. The van der Waals surface area contributed by atoms with E-state index in [0.29, 0.717) is 32.0 Å². The van der Waals surface area contributed by atoms with Crippen LogP contribution in [0.15, 0.2) is 5.16 Å². The molecule has 1 aliphatic rings. The molecule has 0 aliphatic carbocycles. The molecule has 21 heavy (non-hydrogen) atoms. The number of hydrogen-bond acceptors (Lipinski definition) is 6. The van der Waals surface area contributed by atoms with Gasteiger partial charge in [-0.2, -0.15) is 0 Å². The molecule has 0 saturated carbocycles. The van der Waals surface area contributed by atoms with Gasteiger partial charge in [0.1, 0.15) is 5.82 Å². The molecule has 1 aliphatic heterocycles. The van der Waals surface area contributed by atoms with Gasteiger partial charge in [0, 0.05) is 19.1 Å². The van der Waals surface area contributed by atoms with Crippen molar-refractivity contribution < 1.29 is 9.53 Å². The minimum atomic E-state index is 0.107. The molecule has 1 aromatic heterocycles. The minimum Gasteiger partial charge on any atom is -0.375 e. The Bertz CT molecular complexity index is 491. The van der Waals surface area contributed by atoms with E-state index in [4.69, 9.17) is 10.5 Å². The number of carbonyl (C=O) groups is 1. The first-order chi connectivity index (χ1) is 10.0. The number of ether oxygens (including phenoxy) is 1. The summed E-state index contributed by atoms with van der Waals surface area (Å²) in [7, 11) is 0. The lowest BCUT2D eigenvalue weighted by Crippen LogP contribution is -2.45. The minimum absolute atomic E-state index is 0.107. The molecular formula is C13H23N5O2S. The fourth-order valence-electron chi connectivity index (χ4n) is 2.33. The Kier molecular flexibility index (Phi) is 5.60. The van der Waals surface area contributed by atoms with Crippen LogP contribution in [0.2, 0.25) is 0 Å². The number of hydrogen-bond donors (Lipinski definition) is 1. The molecule has 2 heterocycles. The third kappa shape index (κ3) is 3.96. The number of amides is 1. The van der Waals surface area contributed by atoms with Gasteiger partial charge >= 0.3 is 0 Å². The van der Waals surface area contributed by atoms with E-state index in [1.165, 1.54) is 11.8 Å². The van der Waals surface area contributed by atoms with Gasteiger partial charge in [-0.25, -0.2) is 0 Å². The van der Waals surface area contributed by atoms with Crippen LogP contribution in [0, 0.1) is 0 Å². The highest BCUT2D eigenvalue weighted by Crippen LogP contribution is 2.22. The van der Waals surface area contributed by atoms with Crippen molar-refractivity contribution in [3.63, 3.8) is 0 Å². The van der Waals surface area contributed by atoms with Crippen LogP contribution in [0.3, 0.4) is 0 Å². The Morgan fingerprint density at radius 1 is 1.52 bits per heavy atom. The van der Waals surface area contributed by atoms with Crippen LogP contribution < -0.4 is 5.73 Å². The van der Waals surface area contributed by atoms with Crippen molar-refractivity contribution in [2.24, 2.45) is 5.73 Å². The predicted molar refractivity (Wildman–Crippen MR) is 81.0 cm³/mol. The Morgan fingerprint density at radius 2 is 2.29 bits per heavy atom. The van der Waals surface area contributed by atoms with E-state index < -0.39 is 0 Å². The van der Waals surface area contributed by atoms with E-state index in [1.807, 2.05) is 16.4 Å². The van der Waals surface area contributed by atoms with Gasteiger partial charge < -0.3 is 19.9 Å². The largest absolute Gasteiger partial charge is 0.375 e. The highest BCUT2D eigenvalue weighted by Gasteiger charge is 2.22. The van der Waals surface area contributed by atoms with E-state index in [2.05, 4.69) is 24.0 Å². The first-order valence-corrected chi connectivity index (χ1v) is 8.17. The summed E-state index contributed by atoms with van der Waals surface area (Å²) in [6, 6.07) is 0.222. The van der Waals surface area contributed by atoms with Crippen molar-refractivity contribution in [3.05, 3.63) is 5.82 Å². The molecule has 0 radical (unpaired) electrons. The maximum atomic E-state index is 12.2. The molecule has 1 fully saturated rings. The fourth-order valence-corrected chi connectivity index (χ4v) is 3.32.